The van der Waals surface area contributed by atoms with Crippen molar-refractivity contribution in [2.24, 2.45) is 27.2 Å². The van der Waals surface area contributed by atoms with Crippen molar-refractivity contribution in [3.8, 4) is 0 Å². The second-order valence-corrected chi connectivity index (χ2v) is 12.6. The van der Waals surface area contributed by atoms with E-state index in [0.717, 1.165) is 32.8 Å². The van der Waals surface area contributed by atoms with Gasteiger partial charge in [0.25, 0.3) is 0 Å². The van der Waals surface area contributed by atoms with Crippen molar-refractivity contribution in [3.63, 3.8) is 0 Å². The summed E-state index contributed by atoms with van der Waals surface area (Å²) in [5, 5.41) is 3.35. The Bertz CT molecular complexity index is 1320. The lowest BCUT2D eigenvalue weighted by molar-refractivity contribution is 0.278. The quantitative estimate of drug-likeness (QED) is 0.460. The highest BCUT2D eigenvalue weighted by Crippen LogP contribution is 2.55. The molecule has 0 spiro atoms. The van der Waals surface area contributed by atoms with Crippen molar-refractivity contribution in [1.29, 1.82) is 0 Å². The average Bonchev–Trinajstić information content (AvgIpc) is 2.99. The van der Waals surface area contributed by atoms with Crippen LogP contribution in [0.2, 0.25) is 0 Å². The summed E-state index contributed by atoms with van der Waals surface area (Å²) < 4.78 is 0. The summed E-state index contributed by atoms with van der Waals surface area (Å²) in [6.07, 6.45) is 3.61. The first-order chi connectivity index (χ1) is 14.9. The van der Waals surface area contributed by atoms with Gasteiger partial charge in [0.1, 0.15) is 0 Å². The van der Waals surface area contributed by atoms with Crippen molar-refractivity contribution in [1.82, 2.24) is 15.0 Å². The smallest absolute Gasteiger partial charge is 0.164 e. The molecule has 3 aromatic heterocycles. The van der Waals surface area contributed by atoms with Crippen molar-refractivity contribution in [2.75, 3.05) is 0 Å². The van der Waals surface area contributed by atoms with Gasteiger partial charge in [0.2, 0.25) is 0 Å². The van der Waals surface area contributed by atoms with Crippen LogP contribution >= 0.6 is 0 Å². The number of hydrogen-bond acceptors (Lipinski definition) is 4. The summed E-state index contributed by atoms with van der Waals surface area (Å²) >= 11 is 0. The molecule has 0 aromatic carbocycles. The molecular formula is C28H34N4. The normalized spacial score (nSPS) is 31.0. The van der Waals surface area contributed by atoms with Gasteiger partial charge in [-0.1, -0.05) is 61.5 Å². The predicted octanol–water partition coefficient (Wildman–Crippen LogP) is 5.28. The van der Waals surface area contributed by atoms with Crippen LogP contribution in [0.4, 0.5) is 0 Å². The molecule has 6 rings (SSSR count). The third-order valence-corrected chi connectivity index (χ3v) is 9.34. The highest BCUT2D eigenvalue weighted by atomic mass is 15.0. The van der Waals surface area contributed by atoms with E-state index in [9.17, 15) is 0 Å². The zero-order chi connectivity index (χ0) is 22.8. The lowest BCUT2D eigenvalue weighted by Crippen LogP contribution is -2.41. The monoisotopic (exact) mass is 426 g/mol. The molecule has 0 bridgehead atoms. The second kappa shape index (κ2) is 5.95. The predicted molar refractivity (Wildman–Crippen MR) is 130 cm³/mol. The fourth-order valence-corrected chi connectivity index (χ4v) is 6.99. The summed E-state index contributed by atoms with van der Waals surface area (Å²) in [5.74, 6) is 1.35. The Morgan fingerprint density at radius 3 is 2.22 bits per heavy atom. The van der Waals surface area contributed by atoms with Crippen LogP contribution in [0.1, 0.15) is 84.9 Å². The van der Waals surface area contributed by atoms with Crippen LogP contribution < -0.4 is 10.7 Å². The van der Waals surface area contributed by atoms with Gasteiger partial charge >= 0.3 is 0 Å². The zero-order valence-electron chi connectivity index (χ0n) is 20.6. The largest absolute Gasteiger partial charge is 0.262 e. The first-order valence-electron chi connectivity index (χ1n) is 12.1. The van der Waals surface area contributed by atoms with E-state index in [1.54, 1.807) is 0 Å². The molecule has 1 fully saturated rings. The minimum Gasteiger partial charge on any atom is -0.262 e. The van der Waals surface area contributed by atoms with Crippen LogP contribution in [0.15, 0.2) is 23.2 Å². The Balaban J connectivity index is 1.58. The molecule has 1 aliphatic heterocycles. The van der Waals surface area contributed by atoms with Gasteiger partial charge < -0.3 is 0 Å². The lowest BCUT2D eigenvalue weighted by atomic mass is 9.75. The topological polar surface area (TPSA) is 51.0 Å². The molecule has 2 aliphatic carbocycles. The Morgan fingerprint density at radius 2 is 1.47 bits per heavy atom. The van der Waals surface area contributed by atoms with Crippen molar-refractivity contribution in [2.45, 2.75) is 79.7 Å². The standard InChI is InChI=1S/C28H34N4/c1-14-19-11-17-9-16-10-18-12-20-22(27(5,6)13-26(20,3)4)30-24(18)32-25(16)31-23(17)29-21(19)15(2)28(14,7)8/h9-12,14-15,20,22H,13H2,1-8H3/t14-,15-,20?,22?/m0/s1. The lowest BCUT2D eigenvalue weighted by Gasteiger charge is -2.29. The SMILES string of the molecule is C[C@H]1c2cc3cc4cc5c(nc4nc3nc2[C@H](C)C1(C)C)=NC1C(C=5)C(C)(C)CC1(C)C. The van der Waals surface area contributed by atoms with E-state index in [4.69, 9.17) is 19.9 Å². The fraction of sp³-hybridized carbons (Fsp3) is 0.571. The van der Waals surface area contributed by atoms with Crippen molar-refractivity contribution >= 4 is 28.1 Å². The molecule has 0 N–H and O–H groups in total. The van der Waals surface area contributed by atoms with Crippen LogP contribution in [0.25, 0.3) is 28.1 Å². The maximum atomic E-state index is 5.18. The van der Waals surface area contributed by atoms with Crippen molar-refractivity contribution < 1.29 is 0 Å². The number of hydrogen-bond donors (Lipinski definition) is 0. The summed E-state index contributed by atoms with van der Waals surface area (Å²) in [5.41, 5.74) is 5.62. The van der Waals surface area contributed by atoms with Gasteiger partial charge in [0.15, 0.2) is 16.8 Å². The van der Waals surface area contributed by atoms with E-state index >= 15 is 0 Å². The number of pyridine rings is 3. The average molecular weight is 427 g/mol. The van der Waals surface area contributed by atoms with Crippen LogP contribution in [0, 0.1) is 22.2 Å². The molecule has 0 saturated heterocycles. The third kappa shape index (κ3) is 2.55. The first kappa shape index (κ1) is 20.3. The molecule has 4 heteroatoms. The maximum Gasteiger partial charge on any atom is 0.164 e. The second-order valence-electron chi connectivity index (χ2n) is 12.6. The number of aromatic nitrogens is 3. The van der Waals surface area contributed by atoms with E-state index in [0.29, 0.717) is 17.8 Å². The van der Waals surface area contributed by atoms with Crippen LogP contribution in [0.5, 0.6) is 0 Å². The molecule has 4 atom stereocenters. The van der Waals surface area contributed by atoms with Gasteiger partial charge in [-0.15, -0.1) is 0 Å². The van der Waals surface area contributed by atoms with E-state index in [2.05, 4.69) is 79.7 Å². The van der Waals surface area contributed by atoms with Crippen molar-refractivity contribution in [3.05, 3.63) is 40.2 Å². The minimum atomic E-state index is 0.178. The van der Waals surface area contributed by atoms with E-state index in [1.165, 1.54) is 17.7 Å². The fourth-order valence-electron chi connectivity index (χ4n) is 6.99. The third-order valence-electron chi connectivity index (χ3n) is 9.34. The van der Waals surface area contributed by atoms with E-state index < -0.39 is 0 Å². The van der Waals surface area contributed by atoms with Gasteiger partial charge in [-0.3, -0.25) is 4.99 Å². The summed E-state index contributed by atoms with van der Waals surface area (Å²) in [6, 6.07) is 7.08. The Morgan fingerprint density at radius 1 is 0.781 bits per heavy atom. The first-order valence-corrected chi connectivity index (χ1v) is 12.1. The number of nitrogens with zero attached hydrogens (tertiary/aromatic N) is 4. The maximum absolute atomic E-state index is 5.18. The number of rotatable bonds is 0. The molecular weight excluding hydrogens is 392 g/mol. The van der Waals surface area contributed by atoms with E-state index in [-0.39, 0.29) is 22.3 Å². The van der Waals surface area contributed by atoms with Crippen LogP contribution in [-0.2, 0) is 0 Å². The molecule has 0 amide bonds. The number of fused-ring (bicyclic) bond motifs is 5. The van der Waals surface area contributed by atoms with Gasteiger partial charge in [-0.25, -0.2) is 15.0 Å². The Labute approximate surface area is 190 Å². The molecule has 32 heavy (non-hydrogen) atoms. The molecule has 4 heterocycles. The minimum absolute atomic E-state index is 0.178. The molecule has 3 aliphatic rings. The highest BCUT2D eigenvalue weighted by molar-refractivity contribution is 5.89. The molecule has 2 unspecified atom stereocenters. The van der Waals surface area contributed by atoms with Gasteiger partial charge in [-0.05, 0) is 52.3 Å². The zero-order valence-corrected chi connectivity index (χ0v) is 20.6. The highest BCUT2D eigenvalue weighted by Gasteiger charge is 2.52. The summed E-state index contributed by atoms with van der Waals surface area (Å²) in [4.78, 5) is 20.1. The van der Waals surface area contributed by atoms with Gasteiger partial charge in [0.05, 0.1) is 6.04 Å². The molecule has 3 aromatic rings. The molecule has 0 radical (unpaired) electrons. The van der Waals surface area contributed by atoms with Crippen LogP contribution in [0.3, 0.4) is 0 Å². The molecule has 166 valence electrons. The van der Waals surface area contributed by atoms with Gasteiger partial charge in [0, 0.05) is 33.5 Å². The molecule has 1 saturated carbocycles. The summed E-state index contributed by atoms with van der Waals surface area (Å²) in [6.45, 7) is 18.8. The van der Waals surface area contributed by atoms with Crippen LogP contribution in [-0.4, -0.2) is 21.0 Å². The van der Waals surface area contributed by atoms with Gasteiger partial charge in [-0.2, -0.15) is 0 Å². The van der Waals surface area contributed by atoms with E-state index in [1.807, 2.05) is 0 Å². The Kier molecular flexibility index (Phi) is 3.77. The summed E-state index contributed by atoms with van der Waals surface area (Å²) in [7, 11) is 0. The Hall–Kier alpha value is -2.36. The molecule has 4 nitrogen and oxygen atoms in total.